The van der Waals surface area contributed by atoms with E-state index in [1.807, 2.05) is 0 Å². The summed E-state index contributed by atoms with van der Waals surface area (Å²) in [5, 5.41) is 19.5. The van der Waals surface area contributed by atoms with Gasteiger partial charge in [-0.2, -0.15) is 0 Å². The van der Waals surface area contributed by atoms with E-state index in [1.54, 1.807) is 23.1 Å². The molecule has 2 rings (SSSR count). The number of aliphatic hydroxyl groups is 2. The topological polar surface area (TPSA) is 70.0 Å². The van der Waals surface area contributed by atoms with Gasteiger partial charge in [0.2, 0.25) is 0 Å². The summed E-state index contributed by atoms with van der Waals surface area (Å²) < 4.78 is 5.10. The normalized spacial score (nSPS) is 17.9. The van der Waals surface area contributed by atoms with Gasteiger partial charge >= 0.3 is 0 Å². The van der Waals surface area contributed by atoms with E-state index < -0.39 is 5.60 Å². The number of carbonyl (C=O) groups is 1. The fourth-order valence-corrected chi connectivity index (χ4v) is 2.50. The number of methoxy groups -OCH3 is 1. The molecular formula is C14H18ClNO4. The number of aliphatic hydroxyl groups excluding tert-OH is 1. The fourth-order valence-electron chi connectivity index (χ4n) is 2.27. The number of halogens is 1. The summed E-state index contributed by atoms with van der Waals surface area (Å²) in [6, 6.07) is 4.87. The van der Waals surface area contributed by atoms with Crippen molar-refractivity contribution in [3.63, 3.8) is 0 Å². The largest absolute Gasteiger partial charge is 0.497 e. The zero-order valence-electron chi connectivity index (χ0n) is 11.3. The Hall–Kier alpha value is -1.30. The van der Waals surface area contributed by atoms with Gasteiger partial charge in [0.1, 0.15) is 5.75 Å². The molecule has 20 heavy (non-hydrogen) atoms. The smallest absolute Gasteiger partial charge is 0.254 e. The third-order valence-corrected chi connectivity index (χ3v) is 3.85. The van der Waals surface area contributed by atoms with Gasteiger partial charge in [0.05, 0.1) is 19.3 Å². The van der Waals surface area contributed by atoms with Gasteiger partial charge in [-0.15, -0.1) is 0 Å². The van der Waals surface area contributed by atoms with E-state index in [9.17, 15) is 9.90 Å². The van der Waals surface area contributed by atoms with Crippen LogP contribution in [0.1, 0.15) is 23.2 Å². The third-order valence-electron chi connectivity index (χ3n) is 3.63. The highest BCUT2D eigenvalue weighted by Gasteiger charge is 2.33. The minimum Gasteiger partial charge on any atom is -0.497 e. The number of ether oxygens (including phenoxy) is 1. The lowest BCUT2D eigenvalue weighted by molar-refractivity contribution is -0.0546. The Morgan fingerprint density at radius 3 is 2.60 bits per heavy atom. The fraction of sp³-hybridized carbons (Fsp3) is 0.500. The lowest BCUT2D eigenvalue weighted by Gasteiger charge is -2.37. The van der Waals surface area contributed by atoms with Gasteiger partial charge < -0.3 is 19.8 Å². The predicted octanol–water partition coefficient (Wildman–Crippen LogP) is 1.31. The van der Waals surface area contributed by atoms with Crippen LogP contribution in [0.2, 0.25) is 5.02 Å². The van der Waals surface area contributed by atoms with E-state index in [0.717, 1.165) is 0 Å². The Kier molecular flexibility index (Phi) is 4.52. The summed E-state index contributed by atoms with van der Waals surface area (Å²) in [4.78, 5) is 14.0. The Balaban J connectivity index is 2.11. The molecule has 5 nitrogen and oxygen atoms in total. The van der Waals surface area contributed by atoms with Crippen molar-refractivity contribution in [1.82, 2.24) is 4.90 Å². The monoisotopic (exact) mass is 299 g/mol. The summed E-state index contributed by atoms with van der Waals surface area (Å²) >= 11 is 5.96. The first-order valence-corrected chi connectivity index (χ1v) is 6.82. The average Bonchev–Trinajstić information content (AvgIpc) is 2.46. The minimum absolute atomic E-state index is 0.147. The SMILES string of the molecule is COc1cc(Cl)cc(C(=O)N2CCC(O)(CO)CC2)c1. The first-order valence-electron chi connectivity index (χ1n) is 6.44. The molecule has 2 N–H and O–H groups in total. The number of benzene rings is 1. The van der Waals surface area contributed by atoms with E-state index in [-0.39, 0.29) is 12.5 Å². The van der Waals surface area contributed by atoms with E-state index in [4.69, 9.17) is 21.4 Å². The van der Waals surface area contributed by atoms with Gasteiger partial charge in [-0.1, -0.05) is 11.6 Å². The summed E-state index contributed by atoms with van der Waals surface area (Å²) in [6.45, 7) is 0.537. The maximum atomic E-state index is 12.4. The molecular weight excluding hydrogens is 282 g/mol. The third kappa shape index (κ3) is 3.23. The number of likely N-dealkylation sites (tertiary alicyclic amines) is 1. The second-order valence-electron chi connectivity index (χ2n) is 5.05. The van der Waals surface area contributed by atoms with Crippen molar-refractivity contribution in [3.8, 4) is 5.75 Å². The first-order chi connectivity index (χ1) is 9.47. The summed E-state index contributed by atoms with van der Waals surface area (Å²) in [5.74, 6) is 0.385. The molecule has 1 heterocycles. The lowest BCUT2D eigenvalue weighted by Crippen LogP contribution is -2.48. The van der Waals surface area contributed by atoms with Crippen LogP contribution in [0, 0.1) is 0 Å². The van der Waals surface area contributed by atoms with Crippen molar-refractivity contribution in [3.05, 3.63) is 28.8 Å². The molecule has 1 aliphatic heterocycles. The van der Waals surface area contributed by atoms with E-state index >= 15 is 0 Å². The molecule has 6 heteroatoms. The molecule has 110 valence electrons. The predicted molar refractivity (Wildman–Crippen MR) is 75.2 cm³/mol. The standard InChI is InChI=1S/C14H18ClNO4/c1-20-12-7-10(6-11(15)8-12)13(18)16-4-2-14(19,9-17)3-5-16/h6-8,17,19H,2-5,9H2,1H3. The number of rotatable bonds is 3. The highest BCUT2D eigenvalue weighted by Crippen LogP contribution is 2.25. The van der Waals surface area contributed by atoms with Crippen LogP contribution in [0.3, 0.4) is 0 Å². The summed E-state index contributed by atoms with van der Waals surface area (Å²) in [7, 11) is 1.52. The van der Waals surface area contributed by atoms with Crippen molar-refractivity contribution < 1.29 is 19.7 Å². The molecule has 1 aliphatic rings. The summed E-state index contributed by atoms with van der Waals surface area (Å²) in [5.41, 5.74) is -0.605. The number of carbonyl (C=O) groups excluding carboxylic acids is 1. The molecule has 0 atom stereocenters. The van der Waals surface area contributed by atoms with Gasteiger partial charge in [0.25, 0.3) is 5.91 Å². The zero-order chi connectivity index (χ0) is 14.8. The molecule has 0 bridgehead atoms. The van der Waals surface area contributed by atoms with Crippen LogP contribution in [0.5, 0.6) is 5.75 Å². The maximum Gasteiger partial charge on any atom is 0.254 e. The van der Waals surface area contributed by atoms with Gasteiger partial charge in [-0.05, 0) is 31.0 Å². The van der Waals surface area contributed by atoms with E-state index in [2.05, 4.69) is 0 Å². The second kappa shape index (κ2) is 5.99. The quantitative estimate of drug-likeness (QED) is 0.883. The van der Waals surface area contributed by atoms with Crippen molar-refractivity contribution >= 4 is 17.5 Å². The maximum absolute atomic E-state index is 12.4. The van der Waals surface area contributed by atoms with Gasteiger partial charge in [-0.25, -0.2) is 0 Å². The number of piperidine rings is 1. The van der Waals surface area contributed by atoms with Crippen molar-refractivity contribution in [2.75, 3.05) is 26.8 Å². The second-order valence-corrected chi connectivity index (χ2v) is 5.49. The Morgan fingerprint density at radius 1 is 1.40 bits per heavy atom. The van der Waals surface area contributed by atoms with Crippen molar-refractivity contribution in [2.45, 2.75) is 18.4 Å². The zero-order valence-corrected chi connectivity index (χ0v) is 12.1. The highest BCUT2D eigenvalue weighted by atomic mass is 35.5. The van der Waals surface area contributed by atoms with Gasteiger partial charge in [-0.3, -0.25) is 4.79 Å². The van der Waals surface area contributed by atoms with E-state index in [0.29, 0.717) is 42.3 Å². The van der Waals surface area contributed by atoms with Crippen LogP contribution in [0.4, 0.5) is 0 Å². The van der Waals surface area contributed by atoms with Crippen LogP contribution in [-0.4, -0.2) is 53.4 Å². The molecule has 0 aromatic heterocycles. The molecule has 1 saturated heterocycles. The molecule has 0 aliphatic carbocycles. The van der Waals surface area contributed by atoms with E-state index in [1.165, 1.54) is 7.11 Å². The minimum atomic E-state index is -1.07. The van der Waals surface area contributed by atoms with Crippen LogP contribution >= 0.6 is 11.6 Å². The van der Waals surface area contributed by atoms with Crippen molar-refractivity contribution in [2.24, 2.45) is 0 Å². The first kappa shape index (κ1) is 15.1. The van der Waals surface area contributed by atoms with Crippen LogP contribution < -0.4 is 4.74 Å². The number of amides is 1. The van der Waals surface area contributed by atoms with Crippen LogP contribution in [0.25, 0.3) is 0 Å². The van der Waals surface area contributed by atoms with Gasteiger partial charge in [0.15, 0.2) is 0 Å². The van der Waals surface area contributed by atoms with Crippen LogP contribution in [-0.2, 0) is 0 Å². The molecule has 0 saturated carbocycles. The Bertz CT molecular complexity index is 498. The van der Waals surface area contributed by atoms with Crippen LogP contribution in [0.15, 0.2) is 18.2 Å². The molecule has 1 amide bonds. The number of nitrogens with zero attached hydrogens (tertiary/aromatic N) is 1. The molecule has 1 aromatic carbocycles. The highest BCUT2D eigenvalue weighted by molar-refractivity contribution is 6.31. The molecule has 0 spiro atoms. The average molecular weight is 300 g/mol. The molecule has 1 aromatic rings. The molecule has 0 unspecified atom stereocenters. The Labute approximate surface area is 122 Å². The van der Waals surface area contributed by atoms with Crippen molar-refractivity contribution in [1.29, 1.82) is 0 Å². The summed E-state index contributed by atoms with van der Waals surface area (Å²) in [6.07, 6.45) is 0.736. The molecule has 1 fully saturated rings. The van der Waals surface area contributed by atoms with Gasteiger partial charge in [0, 0.05) is 23.7 Å². The number of hydrogen-bond acceptors (Lipinski definition) is 4. The number of hydrogen-bond donors (Lipinski definition) is 2. The molecule has 0 radical (unpaired) electrons. The Morgan fingerprint density at radius 2 is 2.05 bits per heavy atom. The lowest BCUT2D eigenvalue weighted by atomic mass is 9.92.